The molecule has 0 spiro atoms. The Hall–Kier alpha value is -3.91. The summed E-state index contributed by atoms with van der Waals surface area (Å²) in [4.78, 5) is 36.6. The van der Waals surface area contributed by atoms with Gasteiger partial charge in [-0.15, -0.1) is 0 Å². The number of benzene rings is 1. The number of anilines is 1. The van der Waals surface area contributed by atoms with Crippen LogP contribution < -0.4 is 21.1 Å². The monoisotopic (exact) mass is 538 g/mol. The zero-order valence-corrected chi connectivity index (χ0v) is 23.8. The molecule has 8 nitrogen and oxygen atoms in total. The minimum absolute atomic E-state index is 0.112. The Morgan fingerprint density at radius 3 is 2.55 bits per heavy atom. The van der Waals surface area contributed by atoms with E-state index in [1.54, 1.807) is 0 Å². The average Bonchev–Trinajstić information content (AvgIpc) is 3.75. The van der Waals surface area contributed by atoms with Gasteiger partial charge in [-0.3, -0.25) is 9.59 Å². The van der Waals surface area contributed by atoms with Gasteiger partial charge >= 0.3 is 0 Å². The van der Waals surface area contributed by atoms with Crippen molar-refractivity contribution in [1.82, 2.24) is 25.2 Å². The lowest BCUT2D eigenvalue weighted by atomic mass is 9.98. The van der Waals surface area contributed by atoms with E-state index < -0.39 is 0 Å². The summed E-state index contributed by atoms with van der Waals surface area (Å²) in [5, 5.41) is 7.42. The van der Waals surface area contributed by atoms with Gasteiger partial charge in [0.15, 0.2) is 0 Å². The molecule has 1 aromatic carbocycles. The van der Waals surface area contributed by atoms with E-state index in [-0.39, 0.29) is 24.1 Å². The van der Waals surface area contributed by atoms with Crippen molar-refractivity contribution in [2.24, 2.45) is 0 Å². The van der Waals surface area contributed by atoms with Crippen LogP contribution in [0.1, 0.15) is 71.4 Å². The number of carbonyl (C=O) groups is 1. The van der Waals surface area contributed by atoms with Crippen LogP contribution in [0.15, 0.2) is 47.5 Å². The third-order valence-corrected chi connectivity index (χ3v) is 8.19. The molecule has 208 valence electrons. The fraction of sp³-hybridized carbons (Fsp3) is 0.406. The third-order valence-electron chi connectivity index (χ3n) is 8.19. The van der Waals surface area contributed by atoms with Gasteiger partial charge in [-0.05, 0) is 93.5 Å². The molecule has 4 aromatic rings. The van der Waals surface area contributed by atoms with Crippen molar-refractivity contribution in [3.8, 4) is 11.1 Å². The second-order valence-corrected chi connectivity index (χ2v) is 11.5. The molecule has 6 rings (SSSR count). The van der Waals surface area contributed by atoms with Crippen molar-refractivity contribution < 1.29 is 4.79 Å². The minimum atomic E-state index is -0.177. The molecule has 1 aliphatic heterocycles. The summed E-state index contributed by atoms with van der Waals surface area (Å²) in [5.74, 6) is 1.21. The molecule has 0 bridgehead atoms. The topological polar surface area (TPSA) is 95.1 Å². The van der Waals surface area contributed by atoms with Crippen LogP contribution in [-0.4, -0.2) is 46.6 Å². The van der Waals surface area contributed by atoms with E-state index in [1.807, 2.05) is 19.2 Å². The van der Waals surface area contributed by atoms with Crippen LogP contribution in [-0.2, 0) is 6.54 Å². The number of fused-ring (bicyclic) bond motifs is 1. The molecule has 1 saturated heterocycles. The van der Waals surface area contributed by atoms with Crippen LogP contribution in [0.4, 0.5) is 5.82 Å². The summed E-state index contributed by atoms with van der Waals surface area (Å²) in [6.07, 6.45) is 6.22. The third kappa shape index (κ3) is 5.04. The van der Waals surface area contributed by atoms with E-state index in [0.29, 0.717) is 17.0 Å². The molecular weight excluding hydrogens is 500 g/mol. The van der Waals surface area contributed by atoms with Crippen LogP contribution in [0, 0.1) is 13.8 Å². The number of aromatic amines is 1. The maximum Gasteiger partial charge on any atom is 0.253 e. The van der Waals surface area contributed by atoms with Gasteiger partial charge in [0.05, 0.1) is 0 Å². The first kappa shape index (κ1) is 26.3. The number of aromatic nitrogens is 3. The summed E-state index contributed by atoms with van der Waals surface area (Å²) >= 11 is 0. The molecule has 2 aliphatic rings. The number of aryl methyl sites for hydroxylation is 2. The summed E-state index contributed by atoms with van der Waals surface area (Å²) in [5.41, 5.74) is 7.09. The molecule has 0 atom stereocenters. The Morgan fingerprint density at radius 2 is 1.88 bits per heavy atom. The van der Waals surface area contributed by atoms with Crippen molar-refractivity contribution in [2.75, 3.05) is 31.1 Å². The van der Waals surface area contributed by atoms with Gasteiger partial charge in [0.1, 0.15) is 5.82 Å². The molecule has 4 heterocycles. The first-order chi connectivity index (χ1) is 19.3. The Kier molecular flexibility index (Phi) is 6.96. The first-order valence-corrected chi connectivity index (χ1v) is 14.4. The summed E-state index contributed by atoms with van der Waals surface area (Å²) in [6.45, 7) is 12.3. The SMILES string of the molecule is Cc1cc(C2CC2)c(CNC(=O)c2cc(-c3ccc(N4CCNCC4)nc3)cc3c2c(C)cn3C(C)C)c(=O)[nH]1. The number of rotatable bonds is 7. The number of nitrogens with one attached hydrogen (secondary N) is 3. The Bertz CT molecular complexity index is 1620. The predicted octanol–water partition coefficient (Wildman–Crippen LogP) is 4.81. The lowest BCUT2D eigenvalue weighted by Crippen LogP contribution is -2.43. The van der Waals surface area contributed by atoms with Crippen molar-refractivity contribution in [3.63, 3.8) is 0 Å². The van der Waals surface area contributed by atoms with Gasteiger partial charge in [0, 0.05) is 84.4 Å². The van der Waals surface area contributed by atoms with E-state index >= 15 is 0 Å². The summed E-state index contributed by atoms with van der Waals surface area (Å²) in [7, 11) is 0. The van der Waals surface area contributed by atoms with Gasteiger partial charge in [0.25, 0.3) is 11.5 Å². The lowest BCUT2D eigenvalue weighted by Gasteiger charge is -2.28. The molecule has 1 aliphatic carbocycles. The highest BCUT2D eigenvalue weighted by atomic mass is 16.1. The molecule has 1 amide bonds. The molecule has 8 heteroatoms. The molecule has 1 saturated carbocycles. The molecule has 0 radical (unpaired) electrons. The second kappa shape index (κ2) is 10.6. The van der Waals surface area contributed by atoms with Gasteiger partial charge in [-0.25, -0.2) is 4.98 Å². The molecule has 3 aromatic heterocycles. The Labute approximate surface area is 234 Å². The van der Waals surface area contributed by atoms with Crippen LogP contribution >= 0.6 is 0 Å². The number of pyridine rings is 2. The van der Waals surface area contributed by atoms with Crippen LogP contribution in [0.25, 0.3) is 22.0 Å². The van der Waals surface area contributed by atoms with E-state index in [4.69, 9.17) is 4.98 Å². The van der Waals surface area contributed by atoms with Crippen molar-refractivity contribution in [1.29, 1.82) is 0 Å². The van der Waals surface area contributed by atoms with Crippen LogP contribution in [0.2, 0.25) is 0 Å². The number of hydrogen-bond donors (Lipinski definition) is 3. The molecule has 40 heavy (non-hydrogen) atoms. The average molecular weight is 539 g/mol. The normalized spacial score (nSPS) is 15.7. The summed E-state index contributed by atoms with van der Waals surface area (Å²) < 4.78 is 2.23. The Balaban J connectivity index is 1.36. The van der Waals surface area contributed by atoms with Gasteiger partial charge in [-0.1, -0.05) is 0 Å². The number of amides is 1. The zero-order valence-electron chi connectivity index (χ0n) is 23.8. The van der Waals surface area contributed by atoms with Crippen molar-refractivity contribution in [3.05, 3.63) is 81.0 Å². The number of nitrogens with zero attached hydrogens (tertiary/aromatic N) is 3. The second-order valence-electron chi connectivity index (χ2n) is 11.5. The van der Waals surface area contributed by atoms with Crippen molar-refractivity contribution >= 4 is 22.6 Å². The smallest absolute Gasteiger partial charge is 0.253 e. The minimum Gasteiger partial charge on any atom is -0.354 e. The summed E-state index contributed by atoms with van der Waals surface area (Å²) in [6, 6.07) is 10.6. The number of hydrogen-bond acceptors (Lipinski definition) is 5. The molecule has 2 fully saturated rings. The van der Waals surface area contributed by atoms with Crippen LogP contribution in [0.5, 0.6) is 0 Å². The zero-order chi connectivity index (χ0) is 28.0. The van der Waals surface area contributed by atoms with Crippen LogP contribution in [0.3, 0.4) is 0 Å². The fourth-order valence-corrected chi connectivity index (χ4v) is 5.95. The predicted molar refractivity (Wildman–Crippen MR) is 160 cm³/mol. The highest BCUT2D eigenvalue weighted by Crippen LogP contribution is 2.41. The van der Waals surface area contributed by atoms with Crippen molar-refractivity contribution in [2.45, 2.75) is 59.0 Å². The number of piperazine rings is 1. The quantitative estimate of drug-likeness (QED) is 0.314. The number of H-pyrrole nitrogens is 1. The first-order valence-electron chi connectivity index (χ1n) is 14.4. The van der Waals surface area contributed by atoms with Gasteiger partial charge in [-0.2, -0.15) is 0 Å². The molecule has 3 N–H and O–H groups in total. The molecule has 0 unspecified atom stereocenters. The highest BCUT2D eigenvalue weighted by Gasteiger charge is 2.28. The standard InChI is InChI=1S/C32H38N6O2/c1-19(2)38-18-20(3)30-26(31(39)35-17-27-25(22-5-6-22)13-21(4)36-32(27)40)14-24(15-28(30)38)23-7-8-29(34-16-23)37-11-9-33-10-12-37/h7-8,13-16,18-19,22,33H,5-6,9-12,17H2,1-4H3,(H,35,39)(H,36,40). The van der Waals surface area contributed by atoms with E-state index in [2.05, 4.69) is 76.3 Å². The fourth-order valence-electron chi connectivity index (χ4n) is 5.95. The highest BCUT2D eigenvalue weighted by molar-refractivity contribution is 6.09. The van der Waals surface area contributed by atoms with Gasteiger partial charge in [0.2, 0.25) is 0 Å². The maximum atomic E-state index is 13.8. The maximum absolute atomic E-state index is 13.8. The number of carbonyl (C=O) groups excluding carboxylic acids is 1. The lowest BCUT2D eigenvalue weighted by molar-refractivity contribution is 0.0952. The molecular formula is C32H38N6O2. The van der Waals surface area contributed by atoms with E-state index in [9.17, 15) is 9.59 Å². The Morgan fingerprint density at radius 1 is 1.10 bits per heavy atom. The van der Waals surface area contributed by atoms with E-state index in [1.165, 1.54) is 0 Å². The van der Waals surface area contributed by atoms with Gasteiger partial charge < -0.3 is 25.1 Å². The largest absolute Gasteiger partial charge is 0.354 e. The van der Waals surface area contributed by atoms with E-state index in [0.717, 1.165) is 83.7 Å².